The molecule has 0 aliphatic carbocycles. The Labute approximate surface area is 196 Å². The van der Waals surface area contributed by atoms with Crippen LogP contribution in [0.4, 0.5) is 0 Å². The van der Waals surface area contributed by atoms with Crippen molar-refractivity contribution in [2.24, 2.45) is 10.8 Å². The first-order valence-corrected chi connectivity index (χ1v) is 11.3. The second-order valence-corrected chi connectivity index (χ2v) is 8.12. The number of amidine groups is 1. The molecule has 3 N–H and O–H groups in total. The first kappa shape index (κ1) is 24.2. The van der Waals surface area contributed by atoms with Gasteiger partial charge in [-0.25, -0.2) is 15.6 Å². The third-order valence-corrected chi connectivity index (χ3v) is 5.81. The normalized spacial score (nSPS) is 15.7. The van der Waals surface area contributed by atoms with Crippen LogP contribution in [0.15, 0.2) is 77.7 Å². The van der Waals surface area contributed by atoms with Gasteiger partial charge in [0.05, 0.1) is 5.70 Å². The molecule has 0 atom stereocenters. The fourth-order valence-electron chi connectivity index (χ4n) is 3.68. The lowest BCUT2D eigenvalue weighted by Crippen LogP contribution is -2.44. The summed E-state index contributed by atoms with van der Waals surface area (Å²) in [6, 6.07) is 16.6. The molecular formula is C27H33N5O. The van der Waals surface area contributed by atoms with Crippen LogP contribution in [0.1, 0.15) is 31.9 Å². The lowest BCUT2D eigenvalue weighted by molar-refractivity contribution is 0.293. The Bertz CT molecular complexity index is 1090. The van der Waals surface area contributed by atoms with Gasteiger partial charge in [0.1, 0.15) is 17.6 Å². The van der Waals surface area contributed by atoms with Crippen molar-refractivity contribution in [1.82, 2.24) is 15.2 Å². The summed E-state index contributed by atoms with van der Waals surface area (Å²) in [4.78, 5) is 17.3. The Balaban J connectivity index is 0.000000189. The maximum absolute atomic E-state index is 10.6. The molecule has 2 aliphatic heterocycles. The quantitative estimate of drug-likeness (QED) is 0.552. The van der Waals surface area contributed by atoms with E-state index in [1.165, 1.54) is 21.7 Å². The Kier molecular flexibility index (Phi) is 8.39. The van der Waals surface area contributed by atoms with Gasteiger partial charge in [0, 0.05) is 37.8 Å². The highest BCUT2D eigenvalue weighted by atomic mass is 16.1. The fourth-order valence-corrected chi connectivity index (χ4v) is 3.68. The van der Waals surface area contributed by atoms with Gasteiger partial charge in [-0.05, 0) is 42.5 Å². The van der Waals surface area contributed by atoms with Crippen molar-refractivity contribution in [2.75, 3.05) is 26.2 Å². The molecule has 172 valence electrons. The molecule has 2 heterocycles. The summed E-state index contributed by atoms with van der Waals surface area (Å²) in [5, 5.41) is 4.82. The largest absolute Gasteiger partial charge is 0.354 e. The van der Waals surface area contributed by atoms with Crippen molar-refractivity contribution >= 4 is 17.4 Å². The van der Waals surface area contributed by atoms with Gasteiger partial charge >= 0.3 is 0 Å². The molecule has 0 aromatic heterocycles. The number of nitrogens with one attached hydrogen (secondary N) is 1. The molecule has 0 saturated carbocycles. The van der Waals surface area contributed by atoms with E-state index in [-0.39, 0.29) is 0 Å². The number of benzene rings is 2. The van der Waals surface area contributed by atoms with Gasteiger partial charge in [0.2, 0.25) is 0 Å². The molecule has 0 amide bonds. The zero-order valence-electron chi connectivity index (χ0n) is 19.8. The van der Waals surface area contributed by atoms with Crippen LogP contribution < -0.4 is 11.2 Å². The number of nitrogens with zero attached hydrogens (tertiary/aromatic N) is 3. The summed E-state index contributed by atoms with van der Waals surface area (Å²) < 4.78 is 0. The highest BCUT2D eigenvalue weighted by molar-refractivity contribution is 5.86. The number of hydrogen-bond acceptors (Lipinski definition) is 6. The van der Waals surface area contributed by atoms with Crippen LogP contribution in [-0.2, 0) is 11.2 Å². The molecule has 1 saturated heterocycles. The molecule has 0 bridgehead atoms. The van der Waals surface area contributed by atoms with Crippen LogP contribution in [0.25, 0.3) is 16.7 Å². The van der Waals surface area contributed by atoms with Crippen molar-refractivity contribution in [3.63, 3.8) is 0 Å². The molecule has 6 heteroatoms. The number of nitrogens with two attached hydrogens (primary N) is 1. The number of hydrazine groups is 1. The summed E-state index contributed by atoms with van der Waals surface area (Å²) in [6.07, 6.45) is 2.97. The molecule has 2 aromatic carbocycles. The first-order valence-electron chi connectivity index (χ1n) is 11.3. The number of allylic oxidation sites excluding steroid dienone is 2. The maximum Gasteiger partial charge on any atom is 0.132 e. The van der Waals surface area contributed by atoms with E-state index in [2.05, 4.69) is 53.0 Å². The van der Waals surface area contributed by atoms with Crippen LogP contribution in [0.2, 0.25) is 0 Å². The highest BCUT2D eigenvalue weighted by Crippen LogP contribution is 2.23. The van der Waals surface area contributed by atoms with E-state index < -0.39 is 0 Å². The van der Waals surface area contributed by atoms with Gasteiger partial charge in [-0.2, -0.15) is 0 Å². The monoisotopic (exact) mass is 443 g/mol. The molecule has 1 fully saturated rings. The minimum absolute atomic E-state index is 0.642. The van der Waals surface area contributed by atoms with Gasteiger partial charge < -0.3 is 10.2 Å². The fraction of sp³-hybridized carbons (Fsp3) is 0.296. The number of piperazine rings is 1. The summed E-state index contributed by atoms with van der Waals surface area (Å²) in [5.74, 6) is 9.43. The van der Waals surface area contributed by atoms with Crippen LogP contribution >= 0.6 is 0 Å². The first-order chi connectivity index (χ1) is 15.9. The second-order valence-electron chi connectivity index (χ2n) is 8.12. The zero-order valence-corrected chi connectivity index (χ0v) is 19.8. The van der Waals surface area contributed by atoms with Crippen molar-refractivity contribution in [3.05, 3.63) is 83.8 Å². The van der Waals surface area contributed by atoms with Crippen LogP contribution in [-0.4, -0.2) is 47.9 Å². The molecule has 4 rings (SSSR count). The minimum atomic E-state index is 0.642. The topological polar surface area (TPSA) is 74.0 Å². The average Bonchev–Trinajstić information content (AvgIpc) is 2.87. The molecule has 0 spiro atoms. The van der Waals surface area contributed by atoms with E-state index in [9.17, 15) is 4.79 Å². The molecule has 2 aromatic rings. The lowest BCUT2D eigenvalue weighted by Gasteiger charge is -2.33. The van der Waals surface area contributed by atoms with Crippen LogP contribution in [0.3, 0.4) is 0 Å². The Hall–Kier alpha value is -3.44. The predicted molar refractivity (Wildman–Crippen MR) is 137 cm³/mol. The number of aryl methyl sites for hydroxylation is 1. The molecule has 0 unspecified atom stereocenters. The SMILES string of the molecule is C=C1C=C(N2CCNCC2)N=C(C)N1N.CCc1cccc(-c2ccc(C(C)=C=O)cc2)c1. The van der Waals surface area contributed by atoms with Crippen molar-refractivity contribution in [1.29, 1.82) is 0 Å². The highest BCUT2D eigenvalue weighted by Gasteiger charge is 2.18. The summed E-state index contributed by atoms with van der Waals surface area (Å²) in [5.41, 5.74) is 6.09. The Morgan fingerprint density at radius 3 is 2.45 bits per heavy atom. The minimum Gasteiger partial charge on any atom is -0.354 e. The van der Waals surface area contributed by atoms with Gasteiger partial charge in [-0.15, -0.1) is 0 Å². The standard InChI is InChI=1S/C17H16O.C10H17N5/c1-3-14-5-4-6-17(11-14)16-9-7-15(8-10-16)13(2)12-18;1-8-7-10(13-9(2)15(8)11)14-5-3-12-4-6-14/h4-11H,3H2,1-2H3;7,12H,1,3-6,11H2,2H3. The maximum atomic E-state index is 10.6. The molecule has 6 nitrogen and oxygen atoms in total. The Morgan fingerprint density at radius 2 is 1.85 bits per heavy atom. The number of rotatable bonds is 4. The lowest BCUT2D eigenvalue weighted by atomic mass is 9.99. The van der Waals surface area contributed by atoms with Crippen molar-refractivity contribution < 1.29 is 4.79 Å². The van der Waals surface area contributed by atoms with Crippen molar-refractivity contribution in [3.8, 4) is 11.1 Å². The van der Waals surface area contributed by atoms with Gasteiger partial charge in [-0.1, -0.05) is 62.0 Å². The van der Waals surface area contributed by atoms with E-state index in [0.717, 1.165) is 55.5 Å². The molecule has 2 aliphatic rings. The van der Waals surface area contributed by atoms with Gasteiger partial charge in [0.15, 0.2) is 0 Å². The third-order valence-electron chi connectivity index (χ3n) is 5.81. The average molecular weight is 444 g/mol. The van der Waals surface area contributed by atoms with E-state index in [1.807, 2.05) is 43.2 Å². The van der Waals surface area contributed by atoms with Crippen LogP contribution in [0.5, 0.6) is 0 Å². The van der Waals surface area contributed by atoms with Gasteiger partial charge in [-0.3, -0.25) is 5.01 Å². The van der Waals surface area contributed by atoms with Gasteiger partial charge in [0.25, 0.3) is 0 Å². The molecular weight excluding hydrogens is 410 g/mol. The summed E-state index contributed by atoms with van der Waals surface area (Å²) >= 11 is 0. The zero-order chi connectivity index (χ0) is 23.8. The summed E-state index contributed by atoms with van der Waals surface area (Å²) in [6.45, 7) is 13.7. The van der Waals surface area contributed by atoms with Crippen LogP contribution in [0, 0.1) is 0 Å². The molecule has 0 radical (unpaired) electrons. The Morgan fingerprint density at radius 1 is 1.15 bits per heavy atom. The third kappa shape index (κ3) is 6.30. The number of aliphatic imine (C=N–C) groups is 1. The van der Waals surface area contributed by atoms with E-state index in [4.69, 9.17) is 5.84 Å². The summed E-state index contributed by atoms with van der Waals surface area (Å²) in [7, 11) is 0. The molecule has 33 heavy (non-hydrogen) atoms. The van der Waals surface area contributed by atoms with Crippen molar-refractivity contribution in [2.45, 2.75) is 27.2 Å². The number of carbonyl (C=O) groups excluding carboxylic acids is 1. The number of hydrogen-bond donors (Lipinski definition) is 2. The van der Waals surface area contributed by atoms with E-state index in [1.54, 1.807) is 6.92 Å². The van der Waals surface area contributed by atoms with E-state index in [0.29, 0.717) is 5.57 Å². The smallest absolute Gasteiger partial charge is 0.132 e. The second kappa shape index (κ2) is 11.4. The van der Waals surface area contributed by atoms with E-state index >= 15 is 0 Å². The predicted octanol–water partition coefficient (Wildman–Crippen LogP) is 4.01.